The summed E-state index contributed by atoms with van der Waals surface area (Å²) in [4.78, 5) is 26.7. The second-order valence-corrected chi connectivity index (χ2v) is 9.40. The zero-order chi connectivity index (χ0) is 22.9. The van der Waals surface area contributed by atoms with E-state index < -0.39 is 17.5 Å². The first kappa shape index (κ1) is 22.4. The Bertz CT molecular complexity index is 1030. The number of nitrogens with one attached hydrogen (secondary N) is 2. The van der Waals surface area contributed by atoms with Gasteiger partial charge in [0.2, 0.25) is 0 Å². The zero-order valence-corrected chi connectivity index (χ0v) is 18.6. The van der Waals surface area contributed by atoms with Crippen LogP contribution < -0.4 is 20.5 Å². The number of hydrogen-bond acceptors (Lipinski definition) is 6. The van der Waals surface area contributed by atoms with Crippen molar-refractivity contribution in [2.45, 2.75) is 70.3 Å². The van der Waals surface area contributed by atoms with Crippen LogP contribution >= 0.6 is 0 Å². The number of nitrogens with zero attached hydrogens (tertiary/aromatic N) is 1. The molecule has 173 valence electrons. The van der Waals surface area contributed by atoms with Crippen LogP contribution in [-0.2, 0) is 5.41 Å². The number of methoxy groups -OCH3 is 1. The first-order valence-corrected chi connectivity index (χ1v) is 11.0. The van der Waals surface area contributed by atoms with E-state index in [4.69, 9.17) is 9.47 Å². The van der Waals surface area contributed by atoms with E-state index in [-0.39, 0.29) is 34.0 Å². The molecular formula is C23H29FN3O5. The lowest BCUT2D eigenvalue weighted by atomic mass is 9.70. The molecule has 0 saturated heterocycles. The molecule has 2 aliphatic rings. The molecular weight excluding hydrogens is 417 g/mol. The number of H-pyrrole nitrogens is 1. The number of aromatic amines is 1. The highest BCUT2D eigenvalue weighted by Crippen LogP contribution is 2.42. The van der Waals surface area contributed by atoms with E-state index in [0.29, 0.717) is 31.5 Å². The molecule has 2 fully saturated rings. The third-order valence-corrected chi connectivity index (χ3v) is 6.90. The van der Waals surface area contributed by atoms with Gasteiger partial charge in [0.05, 0.1) is 19.8 Å². The molecule has 0 spiro atoms. The number of amides is 1. The lowest BCUT2D eigenvalue weighted by Gasteiger charge is -2.37. The average molecular weight is 446 g/mol. The predicted octanol–water partition coefficient (Wildman–Crippen LogP) is 3.87. The average Bonchev–Trinajstić information content (AvgIpc) is 3.20. The van der Waals surface area contributed by atoms with Gasteiger partial charge in [0.1, 0.15) is 11.3 Å². The molecule has 4 rings (SSSR count). The summed E-state index contributed by atoms with van der Waals surface area (Å²) in [5, 5.41) is 6.56. The topological polar surface area (TPSA) is 106 Å². The van der Waals surface area contributed by atoms with Gasteiger partial charge in [0.15, 0.2) is 17.4 Å². The minimum Gasteiger partial charge on any atom is -0.496 e. The molecule has 32 heavy (non-hydrogen) atoms. The first-order chi connectivity index (χ1) is 15.2. The number of halogens is 1. The maximum absolute atomic E-state index is 15.3. The van der Waals surface area contributed by atoms with Gasteiger partial charge in [-0.05, 0) is 56.1 Å². The molecule has 0 unspecified atom stereocenters. The van der Waals surface area contributed by atoms with Crippen molar-refractivity contribution in [3.05, 3.63) is 46.4 Å². The second-order valence-electron chi connectivity index (χ2n) is 9.40. The van der Waals surface area contributed by atoms with Gasteiger partial charge in [-0.1, -0.05) is 25.4 Å². The Labute approximate surface area is 185 Å². The fourth-order valence-electron chi connectivity index (χ4n) is 4.46. The van der Waals surface area contributed by atoms with Crippen molar-refractivity contribution in [2.75, 3.05) is 7.11 Å². The summed E-state index contributed by atoms with van der Waals surface area (Å²) < 4.78 is 31.1. The Morgan fingerprint density at radius 3 is 2.50 bits per heavy atom. The smallest absolute Gasteiger partial charge is 0.438 e. The molecule has 2 N–H and O–H groups in total. The van der Waals surface area contributed by atoms with E-state index in [0.717, 1.165) is 19.3 Å². The summed E-state index contributed by atoms with van der Waals surface area (Å²) >= 11 is 0. The minimum atomic E-state index is -0.733. The quantitative estimate of drug-likeness (QED) is 0.669. The predicted molar refractivity (Wildman–Crippen MR) is 114 cm³/mol. The Kier molecular flexibility index (Phi) is 6.01. The molecule has 2 aromatic rings. The molecule has 1 aromatic carbocycles. The van der Waals surface area contributed by atoms with E-state index in [9.17, 15) is 9.59 Å². The highest BCUT2D eigenvalue weighted by Gasteiger charge is 2.37. The highest BCUT2D eigenvalue weighted by atomic mass is 19.1. The number of ether oxygens (including phenoxy) is 2. The zero-order valence-electron chi connectivity index (χ0n) is 18.6. The van der Waals surface area contributed by atoms with Gasteiger partial charge in [0, 0.05) is 5.41 Å². The summed E-state index contributed by atoms with van der Waals surface area (Å²) in [6, 6.07) is 3.04. The standard InChI is InChI=1S/C23H29FN3O5/c1-22(9-4-10-22)13-25-19(28)17-15(30-3)5-6-16(18(17)24)31-14-7-11-23(2,12-8-14)20-26-21(29)32-27-20/h5-6,13-14H,4,7-12H2,1-3H3,(H,25,28)(H,26,27,29). The summed E-state index contributed by atoms with van der Waals surface area (Å²) in [5.41, 5.74) is -0.538. The third kappa shape index (κ3) is 4.38. The van der Waals surface area contributed by atoms with Crippen molar-refractivity contribution in [2.24, 2.45) is 5.41 Å². The molecule has 2 aliphatic carbocycles. The Hall–Kier alpha value is -2.84. The van der Waals surface area contributed by atoms with E-state index in [2.05, 4.69) is 26.9 Å². The lowest BCUT2D eigenvalue weighted by Crippen LogP contribution is -2.36. The molecule has 0 atom stereocenters. The molecule has 9 heteroatoms. The number of carbonyl (C=O) groups excluding carboxylic acids is 1. The SMILES string of the molecule is COc1ccc(OC2CCC(C)(c3noc(=O)[nH]3)CC2)c(F)c1C(=O)N[CH]C1(C)CCC1. The highest BCUT2D eigenvalue weighted by molar-refractivity contribution is 5.98. The number of rotatable bonds is 7. The monoisotopic (exact) mass is 446 g/mol. The normalized spacial score (nSPS) is 24.4. The molecule has 0 aliphatic heterocycles. The van der Waals surface area contributed by atoms with Crippen molar-refractivity contribution in [1.29, 1.82) is 0 Å². The van der Waals surface area contributed by atoms with Crippen molar-refractivity contribution >= 4 is 5.91 Å². The third-order valence-electron chi connectivity index (χ3n) is 6.90. The molecule has 0 bridgehead atoms. The van der Waals surface area contributed by atoms with Crippen LogP contribution in [0, 0.1) is 17.8 Å². The van der Waals surface area contributed by atoms with Gasteiger partial charge in [-0.2, -0.15) is 0 Å². The van der Waals surface area contributed by atoms with E-state index in [1.165, 1.54) is 13.2 Å². The maximum Gasteiger partial charge on any atom is 0.438 e. The van der Waals surface area contributed by atoms with Crippen molar-refractivity contribution < 1.29 is 23.2 Å². The van der Waals surface area contributed by atoms with Gasteiger partial charge in [0.25, 0.3) is 5.91 Å². The first-order valence-electron chi connectivity index (χ1n) is 11.0. The van der Waals surface area contributed by atoms with Crippen LogP contribution in [-0.4, -0.2) is 29.3 Å². The van der Waals surface area contributed by atoms with Gasteiger partial charge in [-0.15, -0.1) is 0 Å². The number of carbonyl (C=O) groups is 1. The van der Waals surface area contributed by atoms with Crippen molar-refractivity contribution in [3.63, 3.8) is 0 Å². The Morgan fingerprint density at radius 2 is 1.94 bits per heavy atom. The Balaban J connectivity index is 1.44. The summed E-state index contributed by atoms with van der Waals surface area (Å²) in [7, 11) is 1.40. The fourth-order valence-corrected chi connectivity index (χ4v) is 4.46. The summed E-state index contributed by atoms with van der Waals surface area (Å²) in [6.07, 6.45) is 5.57. The van der Waals surface area contributed by atoms with Crippen LogP contribution in [0.2, 0.25) is 0 Å². The van der Waals surface area contributed by atoms with Gasteiger partial charge in [-0.3, -0.25) is 14.3 Å². The van der Waals surface area contributed by atoms with Crippen LogP contribution in [0.5, 0.6) is 11.5 Å². The number of benzene rings is 1. The molecule has 2 saturated carbocycles. The summed E-state index contributed by atoms with van der Waals surface area (Å²) in [5.74, 6) is -1.16. The Morgan fingerprint density at radius 1 is 1.25 bits per heavy atom. The largest absolute Gasteiger partial charge is 0.496 e. The summed E-state index contributed by atoms with van der Waals surface area (Å²) in [6.45, 7) is 5.82. The van der Waals surface area contributed by atoms with E-state index >= 15 is 4.39 Å². The second kappa shape index (κ2) is 8.60. The van der Waals surface area contributed by atoms with Crippen LogP contribution in [0.15, 0.2) is 21.5 Å². The van der Waals surface area contributed by atoms with Crippen LogP contribution in [0.3, 0.4) is 0 Å². The molecule has 1 heterocycles. The molecule has 1 radical (unpaired) electrons. The van der Waals surface area contributed by atoms with Crippen LogP contribution in [0.25, 0.3) is 0 Å². The van der Waals surface area contributed by atoms with Gasteiger partial charge >= 0.3 is 5.76 Å². The number of hydrogen-bond donors (Lipinski definition) is 2. The van der Waals surface area contributed by atoms with E-state index in [1.54, 1.807) is 12.6 Å². The molecule has 1 amide bonds. The van der Waals surface area contributed by atoms with Crippen LogP contribution in [0.4, 0.5) is 4.39 Å². The lowest BCUT2D eigenvalue weighted by molar-refractivity contribution is 0.0919. The van der Waals surface area contributed by atoms with Gasteiger partial charge < -0.3 is 14.8 Å². The van der Waals surface area contributed by atoms with E-state index in [1.807, 2.05) is 6.92 Å². The minimum absolute atomic E-state index is 0.0225. The molecule has 1 aromatic heterocycles. The number of aromatic nitrogens is 2. The fraction of sp³-hybridized carbons (Fsp3) is 0.565. The molecule has 8 nitrogen and oxygen atoms in total. The maximum atomic E-state index is 15.3. The van der Waals surface area contributed by atoms with Crippen molar-refractivity contribution in [1.82, 2.24) is 15.5 Å². The van der Waals surface area contributed by atoms with Crippen molar-refractivity contribution in [3.8, 4) is 11.5 Å². The van der Waals surface area contributed by atoms with Crippen LogP contribution in [0.1, 0.15) is 75.0 Å². The van der Waals surface area contributed by atoms with Gasteiger partial charge in [-0.25, -0.2) is 9.18 Å².